The van der Waals surface area contributed by atoms with Crippen LogP contribution in [0.1, 0.15) is 17.4 Å². The van der Waals surface area contributed by atoms with E-state index in [1.807, 2.05) is 28.8 Å². The highest BCUT2D eigenvalue weighted by Gasteiger charge is 2.15. The third-order valence-electron chi connectivity index (χ3n) is 3.24. The van der Waals surface area contributed by atoms with E-state index in [-0.39, 0.29) is 11.6 Å². The van der Waals surface area contributed by atoms with Gasteiger partial charge in [-0.15, -0.1) is 0 Å². The van der Waals surface area contributed by atoms with Gasteiger partial charge in [0.05, 0.1) is 11.2 Å². The van der Waals surface area contributed by atoms with Crippen LogP contribution in [-0.2, 0) is 0 Å². The zero-order valence-corrected chi connectivity index (χ0v) is 12.3. The van der Waals surface area contributed by atoms with E-state index >= 15 is 0 Å². The van der Waals surface area contributed by atoms with Gasteiger partial charge in [-0.2, -0.15) is 0 Å². The molecule has 2 nitrogen and oxygen atoms in total. The molecule has 0 bridgehead atoms. The van der Waals surface area contributed by atoms with Crippen LogP contribution in [0.3, 0.4) is 0 Å². The lowest BCUT2D eigenvalue weighted by Gasteiger charge is -2.09. The number of carbonyl (C=O) groups excluding carboxylic acids is 1. The molecule has 0 aliphatic carbocycles. The van der Waals surface area contributed by atoms with Crippen LogP contribution in [0.4, 0.5) is 4.39 Å². The average molecular weight is 332 g/mol. The second kappa shape index (κ2) is 4.87. The highest BCUT2D eigenvalue weighted by atomic mass is 79.9. The molecule has 20 heavy (non-hydrogen) atoms. The number of fused-ring (bicyclic) bond motifs is 1. The van der Waals surface area contributed by atoms with E-state index in [4.69, 9.17) is 0 Å². The molecule has 1 aromatic heterocycles. The van der Waals surface area contributed by atoms with Gasteiger partial charge in [-0.3, -0.25) is 4.79 Å². The Labute approximate surface area is 124 Å². The van der Waals surface area contributed by atoms with Crippen LogP contribution in [0.2, 0.25) is 0 Å². The number of ketones is 1. The third kappa shape index (κ3) is 2.06. The fraction of sp³-hybridized carbons (Fsp3) is 0.0625. The summed E-state index contributed by atoms with van der Waals surface area (Å²) in [4.78, 5) is 11.9. The van der Waals surface area contributed by atoms with Crippen molar-refractivity contribution < 1.29 is 9.18 Å². The first-order chi connectivity index (χ1) is 9.58. The third-order valence-corrected chi connectivity index (χ3v) is 3.93. The second-order valence-corrected chi connectivity index (χ2v) is 5.42. The zero-order chi connectivity index (χ0) is 14.3. The lowest BCUT2D eigenvalue weighted by Crippen LogP contribution is -2.04. The second-order valence-electron chi connectivity index (χ2n) is 4.57. The minimum atomic E-state index is -0.296. The van der Waals surface area contributed by atoms with Gasteiger partial charge in [0.2, 0.25) is 0 Å². The lowest BCUT2D eigenvalue weighted by molar-refractivity contribution is 0.101. The molecule has 0 fully saturated rings. The molecule has 0 radical (unpaired) electrons. The van der Waals surface area contributed by atoms with Gasteiger partial charge in [0.1, 0.15) is 5.82 Å². The molecule has 100 valence electrons. The smallest absolute Gasteiger partial charge is 0.176 e. The van der Waals surface area contributed by atoms with Crippen LogP contribution in [-0.4, -0.2) is 10.4 Å². The molecule has 0 aliphatic heterocycles. The minimum absolute atomic E-state index is 0.0302. The Morgan fingerprint density at radius 1 is 1.15 bits per heavy atom. The predicted molar refractivity (Wildman–Crippen MR) is 80.9 cm³/mol. The monoisotopic (exact) mass is 331 g/mol. The number of hydrogen-bond acceptors (Lipinski definition) is 1. The van der Waals surface area contributed by atoms with E-state index in [2.05, 4.69) is 15.9 Å². The summed E-state index contributed by atoms with van der Waals surface area (Å²) < 4.78 is 15.9. The standard InChI is InChI=1S/C16H11BrFNO/c1-10(20)16-9-13-14(17)3-2-4-15(13)19(16)12-7-5-11(18)6-8-12/h2-9H,1H3. The van der Waals surface area contributed by atoms with Crippen molar-refractivity contribution in [3.05, 3.63) is 64.5 Å². The van der Waals surface area contributed by atoms with Gasteiger partial charge >= 0.3 is 0 Å². The molecule has 0 atom stereocenters. The van der Waals surface area contributed by atoms with Crippen molar-refractivity contribution in [1.29, 1.82) is 0 Å². The molecule has 0 amide bonds. The molecule has 3 rings (SSSR count). The summed E-state index contributed by atoms with van der Waals surface area (Å²) in [5, 5.41) is 0.960. The minimum Gasteiger partial charge on any atom is -0.306 e. The summed E-state index contributed by atoms with van der Waals surface area (Å²) in [6.07, 6.45) is 0. The number of benzene rings is 2. The summed E-state index contributed by atoms with van der Waals surface area (Å²) >= 11 is 3.49. The van der Waals surface area contributed by atoms with E-state index < -0.39 is 0 Å². The topological polar surface area (TPSA) is 22.0 Å². The van der Waals surface area contributed by atoms with Crippen molar-refractivity contribution in [2.75, 3.05) is 0 Å². The molecule has 0 spiro atoms. The SMILES string of the molecule is CC(=O)c1cc2c(Br)cccc2n1-c1ccc(F)cc1. The normalized spacial score (nSPS) is 10.9. The van der Waals surface area contributed by atoms with Crippen LogP contribution >= 0.6 is 15.9 Å². The molecular weight excluding hydrogens is 321 g/mol. The number of nitrogens with zero attached hydrogens (tertiary/aromatic N) is 1. The number of carbonyl (C=O) groups is 1. The average Bonchev–Trinajstić information content (AvgIpc) is 2.81. The summed E-state index contributed by atoms with van der Waals surface area (Å²) in [6, 6.07) is 13.8. The van der Waals surface area contributed by atoms with Gasteiger partial charge in [0.25, 0.3) is 0 Å². The van der Waals surface area contributed by atoms with Gasteiger partial charge in [0.15, 0.2) is 5.78 Å². The van der Waals surface area contributed by atoms with E-state index in [0.29, 0.717) is 5.69 Å². The first-order valence-electron chi connectivity index (χ1n) is 6.15. The predicted octanol–water partition coefficient (Wildman–Crippen LogP) is 4.73. The molecule has 0 aliphatic rings. The maximum atomic E-state index is 13.1. The summed E-state index contributed by atoms with van der Waals surface area (Å²) in [7, 11) is 0. The van der Waals surface area contributed by atoms with Gasteiger partial charge < -0.3 is 4.57 Å². The molecule has 0 N–H and O–H groups in total. The zero-order valence-electron chi connectivity index (χ0n) is 10.7. The quantitative estimate of drug-likeness (QED) is 0.622. The van der Waals surface area contributed by atoms with Crippen molar-refractivity contribution in [3.8, 4) is 5.69 Å². The Balaban J connectivity index is 2.37. The van der Waals surface area contributed by atoms with Crippen molar-refractivity contribution in [2.45, 2.75) is 6.92 Å². The fourth-order valence-corrected chi connectivity index (χ4v) is 2.79. The van der Waals surface area contributed by atoms with E-state index in [1.165, 1.54) is 19.1 Å². The van der Waals surface area contributed by atoms with Gasteiger partial charge in [-0.1, -0.05) is 22.0 Å². The summed E-state index contributed by atoms with van der Waals surface area (Å²) in [6.45, 7) is 1.53. The fourth-order valence-electron chi connectivity index (χ4n) is 2.32. The van der Waals surface area contributed by atoms with Crippen LogP contribution in [0.5, 0.6) is 0 Å². The highest BCUT2D eigenvalue weighted by Crippen LogP contribution is 2.30. The number of Topliss-reactive ketones (excluding diaryl/α,β-unsaturated/α-hetero) is 1. The Bertz CT molecular complexity index is 805. The summed E-state index contributed by atoms with van der Waals surface area (Å²) in [5.41, 5.74) is 2.26. The van der Waals surface area contributed by atoms with Crippen molar-refractivity contribution in [3.63, 3.8) is 0 Å². The van der Waals surface area contributed by atoms with Crippen molar-refractivity contribution >= 4 is 32.6 Å². The van der Waals surface area contributed by atoms with Crippen molar-refractivity contribution in [1.82, 2.24) is 4.57 Å². The number of hydrogen-bond donors (Lipinski definition) is 0. The Kier molecular flexibility index (Phi) is 3.18. The molecule has 2 aromatic carbocycles. The molecule has 1 heterocycles. The van der Waals surface area contributed by atoms with E-state index in [1.54, 1.807) is 12.1 Å². The Morgan fingerprint density at radius 3 is 2.50 bits per heavy atom. The molecule has 0 saturated carbocycles. The van der Waals surface area contributed by atoms with Crippen LogP contribution in [0.15, 0.2) is 53.0 Å². The largest absolute Gasteiger partial charge is 0.306 e. The number of halogens is 2. The first kappa shape index (κ1) is 13.1. The Hall–Kier alpha value is -1.94. The van der Waals surface area contributed by atoms with Crippen LogP contribution in [0, 0.1) is 5.82 Å². The lowest BCUT2D eigenvalue weighted by atomic mass is 10.2. The maximum Gasteiger partial charge on any atom is 0.176 e. The molecule has 4 heteroatoms. The van der Waals surface area contributed by atoms with Crippen LogP contribution < -0.4 is 0 Å². The Morgan fingerprint density at radius 2 is 1.85 bits per heavy atom. The molecular formula is C16H11BrFNO. The molecule has 0 unspecified atom stereocenters. The molecule has 0 saturated heterocycles. The molecule has 3 aromatic rings. The van der Waals surface area contributed by atoms with Gasteiger partial charge in [-0.05, 0) is 42.5 Å². The van der Waals surface area contributed by atoms with Crippen molar-refractivity contribution in [2.24, 2.45) is 0 Å². The van der Waals surface area contributed by atoms with Crippen LogP contribution in [0.25, 0.3) is 16.6 Å². The highest BCUT2D eigenvalue weighted by molar-refractivity contribution is 9.10. The van der Waals surface area contributed by atoms with Gasteiger partial charge in [0, 0.05) is 22.5 Å². The van der Waals surface area contributed by atoms with E-state index in [0.717, 1.165) is 21.1 Å². The summed E-state index contributed by atoms with van der Waals surface area (Å²) in [5.74, 6) is -0.326. The first-order valence-corrected chi connectivity index (χ1v) is 6.94. The maximum absolute atomic E-state index is 13.1. The number of rotatable bonds is 2. The van der Waals surface area contributed by atoms with E-state index in [9.17, 15) is 9.18 Å². The van der Waals surface area contributed by atoms with Gasteiger partial charge in [-0.25, -0.2) is 4.39 Å². The number of aromatic nitrogens is 1.